The van der Waals surface area contributed by atoms with Gasteiger partial charge in [-0.05, 0) is 80.3 Å². The van der Waals surface area contributed by atoms with Gasteiger partial charge in [0.25, 0.3) is 0 Å². The molecule has 0 radical (unpaired) electrons. The minimum Gasteiger partial charge on any atom is -0.0623 e. The molecule has 9 rings (SSSR count). The fourth-order valence-corrected chi connectivity index (χ4v) is 11.9. The van der Waals surface area contributed by atoms with Crippen molar-refractivity contribution in [3.63, 3.8) is 0 Å². The fourth-order valence-electron chi connectivity index (χ4n) is 6.97. The smallest absolute Gasteiger partial charge is 0.000884 e. The van der Waals surface area contributed by atoms with E-state index in [0.29, 0.717) is 0 Å². The van der Waals surface area contributed by atoms with Crippen molar-refractivity contribution in [1.82, 2.24) is 0 Å². The first-order valence-corrected chi connectivity index (χ1v) is 25.1. The monoisotopic (exact) mass is 872 g/mol. The molecule has 0 aliphatic heterocycles. The summed E-state index contributed by atoms with van der Waals surface area (Å²) >= 11 is -0.346. The van der Waals surface area contributed by atoms with Crippen LogP contribution in [0.25, 0.3) is 32.7 Å². The Hall–Kier alpha value is -4.44. The van der Waals surface area contributed by atoms with Crippen LogP contribution in [-0.4, -0.2) is 0 Å². The molecule has 0 atom stereocenters. The number of rotatable bonds is 7. The maximum Gasteiger partial charge on any atom is -0.000884 e. The van der Waals surface area contributed by atoms with Gasteiger partial charge in [0.15, 0.2) is 0 Å². The summed E-state index contributed by atoms with van der Waals surface area (Å²) in [5.41, 5.74) is 2.70. The van der Waals surface area contributed by atoms with E-state index in [1.54, 1.807) is 0 Å². The summed E-state index contributed by atoms with van der Waals surface area (Å²) in [6, 6.07) is 83.8. The van der Waals surface area contributed by atoms with Crippen molar-refractivity contribution >= 4 is 88.6 Å². The second-order valence-electron chi connectivity index (χ2n) is 12.6. The molecule has 0 spiro atoms. The van der Waals surface area contributed by atoms with E-state index in [2.05, 4.69) is 194 Å². The molecule has 0 amide bonds. The first-order valence-electron chi connectivity index (χ1n) is 18.0. The SMILES string of the molecule is [Cl][Ru][Cl].c1ccc(P(c2ccccc2)c2ccc3ccccc3c2-c2c(P(c3ccccc3)c3ccccc3)ccc3ccccc23)cc1.c1ccccc1. The van der Waals surface area contributed by atoms with E-state index < -0.39 is 15.8 Å². The van der Waals surface area contributed by atoms with Crippen LogP contribution in [-0.2, 0) is 15.1 Å². The third-order valence-electron chi connectivity index (χ3n) is 9.27. The predicted molar refractivity (Wildman–Crippen MR) is 242 cm³/mol. The Morgan fingerprint density at radius 3 is 0.800 bits per heavy atom. The maximum absolute atomic E-state index is 4.85. The molecule has 0 nitrogen and oxygen atoms in total. The van der Waals surface area contributed by atoms with Crippen LogP contribution in [0.5, 0.6) is 0 Å². The Labute approximate surface area is 343 Å². The molecule has 0 N–H and O–H groups in total. The molecule has 0 saturated heterocycles. The topological polar surface area (TPSA) is 0 Å². The summed E-state index contributed by atoms with van der Waals surface area (Å²) in [5.74, 6) is 0. The number of hydrogen-bond donors (Lipinski definition) is 0. The largest absolute Gasteiger partial charge is 0.0623 e. The zero-order valence-electron chi connectivity index (χ0n) is 29.9. The van der Waals surface area contributed by atoms with Crippen LogP contribution in [0.1, 0.15) is 0 Å². The first-order chi connectivity index (χ1) is 27.3. The van der Waals surface area contributed by atoms with Crippen molar-refractivity contribution in [2.45, 2.75) is 0 Å². The molecule has 0 fully saturated rings. The van der Waals surface area contributed by atoms with E-state index in [0.717, 1.165) is 0 Å². The Bertz CT molecular complexity index is 2270. The first kappa shape index (κ1) is 38.8. The van der Waals surface area contributed by atoms with E-state index in [9.17, 15) is 0 Å². The second kappa shape index (κ2) is 19.9. The molecule has 55 heavy (non-hydrogen) atoms. The van der Waals surface area contributed by atoms with Gasteiger partial charge in [0.05, 0.1) is 0 Å². The standard InChI is InChI=1S/C44H32P2.C6H6.2ClH.Ru/c1-5-19-35(20-6-1)45(36-21-7-2-8-22-36)41-31-29-33-17-13-15-27-39(33)43(41)44-40-28-16-14-18-34(40)30-32-42(44)46(37-23-9-3-10-24-37)38-25-11-4-12-26-38;1-2-4-6-5-3-1;;;/h1-32H;1-6H;2*1H;/q;;;;+2/p-2. The normalized spacial score (nSPS) is 10.8. The van der Waals surface area contributed by atoms with Crippen LogP contribution in [0.15, 0.2) is 231 Å². The van der Waals surface area contributed by atoms with Crippen molar-refractivity contribution in [1.29, 1.82) is 0 Å². The molecule has 5 heteroatoms. The average molecular weight is 873 g/mol. The van der Waals surface area contributed by atoms with Gasteiger partial charge in [-0.3, -0.25) is 0 Å². The Kier molecular flexibility index (Phi) is 14.1. The maximum atomic E-state index is 4.85. The van der Waals surface area contributed by atoms with Crippen LogP contribution < -0.4 is 31.8 Å². The van der Waals surface area contributed by atoms with Crippen molar-refractivity contribution in [3.05, 3.63) is 231 Å². The van der Waals surface area contributed by atoms with Gasteiger partial charge < -0.3 is 0 Å². The van der Waals surface area contributed by atoms with Crippen molar-refractivity contribution in [2.24, 2.45) is 0 Å². The van der Waals surface area contributed by atoms with Crippen molar-refractivity contribution < 1.29 is 15.1 Å². The van der Waals surface area contributed by atoms with E-state index in [1.807, 2.05) is 36.4 Å². The van der Waals surface area contributed by atoms with Gasteiger partial charge in [-0.15, -0.1) is 0 Å². The van der Waals surface area contributed by atoms with Gasteiger partial charge in [0.1, 0.15) is 0 Å². The molecule has 0 aromatic heterocycles. The summed E-state index contributed by atoms with van der Waals surface area (Å²) < 4.78 is 0. The molecule has 0 aliphatic carbocycles. The van der Waals surface area contributed by atoms with E-state index >= 15 is 0 Å². The summed E-state index contributed by atoms with van der Waals surface area (Å²) in [6.07, 6.45) is 0. The zero-order valence-corrected chi connectivity index (χ0v) is 35.0. The Morgan fingerprint density at radius 1 is 0.273 bits per heavy atom. The molecule has 0 heterocycles. The summed E-state index contributed by atoms with van der Waals surface area (Å²) in [5, 5.41) is 13.3. The van der Waals surface area contributed by atoms with Gasteiger partial charge in [0.2, 0.25) is 0 Å². The quantitative estimate of drug-likeness (QED) is 0.111. The minimum atomic E-state index is -0.852. The summed E-state index contributed by atoms with van der Waals surface area (Å²) in [6.45, 7) is 0. The van der Waals surface area contributed by atoms with E-state index in [-0.39, 0.29) is 15.1 Å². The Morgan fingerprint density at radius 2 is 0.509 bits per heavy atom. The molecule has 9 aromatic rings. The molecule has 0 saturated carbocycles. The van der Waals surface area contributed by atoms with Gasteiger partial charge >= 0.3 is 34.5 Å². The van der Waals surface area contributed by atoms with Crippen LogP contribution in [0.2, 0.25) is 0 Å². The van der Waals surface area contributed by atoms with E-state index in [4.69, 9.17) is 19.4 Å². The van der Waals surface area contributed by atoms with Gasteiger partial charge in [0, 0.05) is 0 Å². The molecular weight excluding hydrogens is 834 g/mol. The van der Waals surface area contributed by atoms with Gasteiger partial charge in [-0.1, -0.05) is 231 Å². The minimum absolute atomic E-state index is 0.346. The number of hydrogen-bond acceptors (Lipinski definition) is 0. The molecule has 9 aromatic carbocycles. The average Bonchev–Trinajstić information content (AvgIpc) is 3.26. The molecular formula is C50H38Cl2P2Ru. The number of fused-ring (bicyclic) bond motifs is 2. The predicted octanol–water partition coefficient (Wildman–Crippen LogP) is 12.2. The van der Waals surface area contributed by atoms with Crippen LogP contribution >= 0.6 is 35.2 Å². The number of halogens is 2. The van der Waals surface area contributed by atoms with E-state index in [1.165, 1.54) is 64.5 Å². The van der Waals surface area contributed by atoms with Crippen LogP contribution in [0.3, 0.4) is 0 Å². The number of benzene rings is 9. The Balaban J connectivity index is 0.000000461. The van der Waals surface area contributed by atoms with Crippen LogP contribution in [0, 0.1) is 0 Å². The van der Waals surface area contributed by atoms with Crippen molar-refractivity contribution in [2.75, 3.05) is 0 Å². The molecule has 0 unspecified atom stereocenters. The second-order valence-corrected chi connectivity index (χ2v) is 19.6. The zero-order chi connectivity index (χ0) is 37.7. The molecule has 0 aliphatic rings. The van der Waals surface area contributed by atoms with Gasteiger partial charge in [-0.25, -0.2) is 0 Å². The van der Waals surface area contributed by atoms with Crippen LogP contribution in [0.4, 0.5) is 0 Å². The summed E-state index contributed by atoms with van der Waals surface area (Å²) in [4.78, 5) is 0. The fraction of sp³-hybridized carbons (Fsp3) is 0. The third kappa shape index (κ3) is 9.34. The molecule has 270 valence electrons. The molecule has 0 bridgehead atoms. The summed E-state index contributed by atoms with van der Waals surface area (Å²) in [7, 11) is 8.00. The van der Waals surface area contributed by atoms with Gasteiger partial charge in [-0.2, -0.15) is 0 Å². The third-order valence-corrected chi connectivity index (χ3v) is 14.2. The van der Waals surface area contributed by atoms with Crippen molar-refractivity contribution in [3.8, 4) is 11.1 Å².